The third-order valence-corrected chi connectivity index (χ3v) is 14.7. The van der Waals surface area contributed by atoms with Crippen molar-refractivity contribution in [3.63, 3.8) is 0 Å². The molecule has 6 N–H and O–H groups in total. The number of likely N-dealkylation sites (tertiary alicyclic amines) is 2. The number of carbonyl (C=O) groups is 4. The van der Waals surface area contributed by atoms with Crippen LogP contribution in [0.1, 0.15) is 123 Å². The van der Waals surface area contributed by atoms with Gasteiger partial charge in [0.25, 0.3) is 0 Å². The lowest BCUT2D eigenvalue weighted by Crippen LogP contribution is -2.51. The quantitative estimate of drug-likeness (QED) is 0.0629. The van der Waals surface area contributed by atoms with Gasteiger partial charge in [-0.05, 0) is 92.3 Å². The first-order chi connectivity index (χ1) is 34.6. The van der Waals surface area contributed by atoms with E-state index in [2.05, 4.69) is 62.1 Å². The molecule has 3 fully saturated rings. The fraction of sp³-hybridized carbons (Fsp3) is 0.382. The van der Waals surface area contributed by atoms with Crippen LogP contribution in [-0.2, 0) is 22.8 Å². The van der Waals surface area contributed by atoms with Crippen LogP contribution in [0.5, 0.6) is 11.5 Å². The zero-order valence-corrected chi connectivity index (χ0v) is 40.6. The number of nitrogens with one attached hydrogen (secondary N) is 6. The molecule has 5 aliphatic rings. The molecule has 0 spiro atoms. The summed E-state index contributed by atoms with van der Waals surface area (Å²) in [5, 5.41) is 10.9. The molecule has 0 radical (unpaired) electrons. The zero-order valence-electron chi connectivity index (χ0n) is 40.6. The number of hydrogen-bond donors (Lipinski definition) is 6. The van der Waals surface area contributed by atoms with Crippen LogP contribution in [0.3, 0.4) is 0 Å². The molecule has 4 aliphatic heterocycles. The lowest BCUT2D eigenvalue weighted by Gasteiger charge is -2.30. The number of urea groups is 2. The van der Waals surface area contributed by atoms with E-state index in [1.165, 1.54) is 31.9 Å². The maximum Gasteiger partial charge on any atom is 0.315 e. The highest BCUT2D eigenvalue weighted by atomic mass is 16.5. The summed E-state index contributed by atoms with van der Waals surface area (Å²) in [4.78, 5) is 74.2. The van der Waals surface area contributed by atoms with Gasteiger partial charge in [-0.15, -0.1) is 0 Å². The summed E-state index contributed by atoms with van der Waals surface area (Å²) < 4.78 is 13.0. The Morgan fingerprint density at radius 2 is 1.30 bits per heavy atom. The van der Waals surface area contributed by atoms with E-state index in [4.69, 9.17) is 19.4 Å². The standard InChI is InChI=1S/C55H62N10O6/c1-5-6-8-14-32(2)48(62-54(68)56-3)52(66)64-21-12-19-42(64)50-58-28-40(60-50)36-24-38-30-71-45-27-37(25-39-31-70-44(26-36)46(38)47(39)45)41-29-59-51(61-41)43-20-13-22-65(43)53(67)49(63-55(69)57-4)35-18-11-17-34(23-35)33-15-9-7-10-16-33/h5-6,8,11,14,17-18,23-29,33,42-43,48-49H,2,7,9-10,12-13,15-16,19-22,30-31H2,1,3-4H3,(H,58,60)(H,59,61)(H2,56,62,68)(H2,57,63,69)/b6-5-,14-8-/t42-,43-,48+,49+/m0/s1. The highest BCUT2D eigenvalue weighted by Gasteiger charge is 2.39. The van der Waals surface area contributed by atoms with Crippen molar-refractivity contribution < 1.29 is 28.7 Å². The van der Waals surface area contributed by atoms with Crippen LogP contribution >= 0.6 is 0 Å². The fourth-order valence-electron chi connectivity index (χ4n) is 11.1. The van der Waals surface area contributed by atoms with E-state index in [1.807, 2.05) is 54.4 Å². The number of benzene rings is 3. The van der Waals surface area contributed by atoms with Crippen molar-refractivity contribution >= 4 is 23.9 Å². The number of hydrogen-bond acceptors (Lipinski definition) is 8. The molecule has 6 heterocycles. The van der Waals surface area contributed by atoms with Gasteiger partial charge in [-0.3, -0.25) is 9.59 Å². The van der Waals surface area contributed by atoms with Crippen LogP contribution in [0.4, 0.5) is 9.59 Å². The number of amides is 6. The average molecular weight is 959 g/mol. The minimum absolute atomic E-state index is 0.158. The molecule has 1 saturated carbocycles. The van der Waals surface area contributed by atoms with Gasteiger partial charge in [-0.1, -0.05) is 74.4 Å². The van der Waals surface area contributed by atoms with E-state index >= 15 is 0 Å². The van der Waals surface area contributed by atoms with E-state index in [-0.39, 0.29) is 23.9 Å². The van der Waals surface area contributed by atoms with Crippen molar-refractivity contribution in [2.24, 2.45) is 0 Å². The smallest absolute Gasteiger partial charge is 0.315 e. The van der Waals surface area contributed by atoms with Crippen LogP contribution in [0.25, 0.3) is 33.6 Å². The summed E-state index contributed by atoms with van der Waals surface area (Å²) >= 11 is 0. The first-order valence-electron chi connectivity index (χ1n) is 25.0. The highest BCUT2D eigenvalue weighted by molar-refractivity contribution is 5.92. The second-order valence-corrected chi connectivity index (χ2v) is 19.1. The van der Waals surface area contributed by atoms with E-state index in [0.29, 0.717) is 55.9 Å². The summed E-state index contributed by atoms with van der Waals surface area (Å²) in [7, 11) is 3.07. The van der Waals surface area contributed by atoms with Gasteiger partial charge in [0.15, 0.2) is 0 Å². The number of rotatable bonds is 13. The van der Waals surface area contributed by atoms with Crippen LogP contribution in [-0.4, -0.2) is 86.8 Å². The molecule has 16 heteroatoms. The van der Waals surface area contributed by atoms with Gasteiger partial charge in [0.1, 0.15) is 48.4 Å². The molecular formula is C55H62N10O6. The molecule has 3 aromatic carbocycles. The van der Waals surface area contributed by atoms with Gasteiger partial charge in [-0.25, -0.2) is 19.6 Å². The first-order valence-corrected chi connectivity index (χ1v) is 25.0. The number of carbonyl (C=O) groups excluding carboxylic acids is 4. The predicted molar refractivity (Wildman–Crippen MR) is 270 cm³/mol. The van der Waals surface area contributed by atoms with Gasteiger partial charge >= 0.3 is 12.1 Å². The Hall–Kier alpha value is -7.62. The first kappa shape index (κ1) is 47.1. The monoisotopic (exact) mass is 958 g/mol. The van der Waals surface area contributed by atoms with Crippen molar-refractivity contribution in [1.29, 1.82) is 0 Å². The summed E-state index contributed by atoms with van der Waals surface area (Å²) in [5.74, 6) is 2.92. The van der Waals surface area contributed by atoms with Gasteiger partial charge in [0.05, 0.1) is 35.9 Å². The Morgan fingerprint density at radius 1 is 0.718 bits per heavy atom. The van der Waals surface area contributed by atoms with Crippen molar-refractivity contribution in [3.8, 4) is 45.1 Å². The molecule has 2 aromatic heterocycles. The zero-order chi connectivity index (χ0) is 49.2. The van der Waals surface area contributed by atoms with Gasteiger partial charge in [0, 0.05) is 60.6 Å². The molecule has 5 aromatic rings. The number of aromatic nitrogens is 4. The van der Waals surface area contributed by atoms with E-state index < -0.39 is 24.1 Å². The van der Waals surface area contributed by atoms with Crippen molar-refractivity contribution in [2.45, 2.75) is 108 Å². The van der Waals surface area contributed by atoms with Crippen LogP contribution in [0.2, 0.25) is 0 Å². The molecule has 0 unspecified atom stereocenters. The second-order valence-electron chi connectivity index (χ2n) is 19.1. The number of allylic oxidation sites excluding steroid dienone is 3. The summed E-state index contributed by atoms with van der Waals surface area (Å²) in [6.45, 7) is 7.74. The van der Waals surface area contributed by atoms with Gasteiger partial charge in [-0.2, -0.15) is 0 Å². The SMILES string of the molecule is C=C(/C=C\C=C/C)[C@@H](NC(=O)NC)C(=O)N1CCC[C@H]1c1ncc(-c2cc3c4c(c2)OCc2cc(-c5cnc([C@@H]6CCCN6C(=O)[C@H](NC(=O)NC)c6cccc(C7CCCCC7)c6)[nH]5)cc(c2-4)OC3)[nH]1. The Balaban J connectivity index is 0.864. The van der Waals surface area contributed by atoms with Crippen molar-refractivity contribution in [1.82, 2.24) is 51.0 Å². The Morgan fingerprint density at radius 3 is 1.87 bits per heavy atom. The molecule has 1 aliphatic carbocycles. The Bertz CT molecular complexity index is 2880. The van der Waals surface area contributed by atoms with Crippen molar-refractivity contribution in [2.75, 3.05) is 27.2 Å². The topological polar surface area (TPSA) is 199 Å². The maximum absolute atomic E-state index is 14.6. The molecule has 4 atom stereocenters. The van der Waals surface area contributed by atoms with E-state index in [0.717, 1.165) is 93.9 Å². The lowest BCUT2D eigenvalue weighted by atomic mass is 9.83. The van der Waals surface area contributed by atoms with Crippen molar-refractivity contribution in [3.05, 3.63) is 131 Å². The number of imidazole rings is 2. The molecular weight excluding hydrogens is 897 g/mol. The van der Waals surface area contributed by atoms with E-state index in [1.54, 1.807) is 30.3 Å². The number of H-pyrrole nitrogens is 2. The van der Waals surface area contributed by atoms with Gasteiger partial charge in [0.2, 0.25) is 11.8 Å². The van der Waals surface area contributed by atoms with E-state index in [9.17, 15) is 19.2 Å². The lowest BCUT2D eigenvalue weighted by molar-refractivity contribution is -0.134. The molecule has 10 rings (SSSR count). The summed E-state index contributed by atoms with van der Waals surface area (Å²) in [5.41, 5.74) is 9.84. The molecule has 16 nitrogen and oxygen atoms in total. The third kappa shape index (κ3) is 9.42. The number of nitrogens with zero attached hydrogens (tertiary/aromatic N) is 4. The Labute approximate surface area is 413 Å². The Kier molecular flexibility index (Phi) is 13.5. The average Bonchev–Trinajstić information content (AvgIpc) is 4.26. The number of ether oxygens (including phenoxy) is 2. The van der Waals surface area contributed by atoms with Crippen LogP contribution < -0.4 is 30.7 Å². The molecule has 71 heavy (non-hydrogen) atoms. The summed E-state index contributed by atoms with van der Waals surface area (Å²) in [6.07, 6.45) is 19.9. The minimum Gasteiger partial charge on any atom is -0.488 e. The molecule has 6 amide bonds. The molecule has 2 saturated heterocycles. The molecule has 368 valence electrons. The van der Waals surface area contributed by atoms with Crippen LogP contribution in [0.15, 0.2) is 97.4 Å². The summed E-state index contributed by atoms with van der Waals surface area (Å²) in [6, 6.07) is 13.2. The normalized spacial score (nSPS) is 19.2. The second kappa shape index (κ2) is 20.4. The highest BCUT2D eigenvalue weighted by Crippen LogP contribution is 2.51. The predicted octanol–water partition coefficient (Wildman–Crippen LogP) is 8.95. The third-order valence-electron chi connectivity index (χ3n) is 14.7. The number of aromatic amines is 2. The molecule has 0 bridgehead atoms. The fourth-order valence-corrected chi connectivity index (χ4v) is 11.1. The maximum atomic E-state index is 14.6. The van der Waals surface area contributed by atoms with Crippen LogP contribution in [0, 0.1) is 0 Å². The van der Waals surface area contributed by atoms with Gasteiger partial charge < -0.3 is 50.5 Å². The largest absolute Gasteiger partial charge is 0.488 e. The minimum atomic E-state index is -0.947.